The van der Waals surface area contributed by atoms with Crippen LogP contribution in [0.2, 0.25) is 0 Å². The molecular weight excluding hydrogens is 368 g/mol. The fourth-order valence-corrected chi connectivity index (χ4v) is 2.35. The zero-order valence-corrected chi connectivity index (χ0v) is 14.1. The number of ether oxygens (including phenoxy) is 1. The van der Waals surface area contributed by atoms with Gasteiger partial charge in [0.1, 0.15) is 0 Å². The molecule has 1 amide bonds. The van der Waals surface area contributed by atoms with E-state index in [9.17, 15) is 9.59 Å². The quantitative estimate of drug-likeness (QED) is 0.776. The summed E-state index contributed by atoms with van der Waals surface area (Å²) in [7, 11) is 1.36. The van der Waals surface area contributed by atoms with Crippen molar-refractivity contribution in [3.63, 3.8) is 0 Å². The maximum atomic E-state index is 12.2. The summed E-state index contributed by atoms with van der Waals surface area (Å²) in [5.41, 5.74) is 1.30. The summed E-state index contributed by atoms with van der Waals surface area (Å²) in [6.45, 7) is 1.54. The van der Waals surface area contributed by atoms with E-state index in [1.54, 1.807) is 6.92 Å². The molecule has 0 aliphatic rings. The number of carboxylic acids is 1. The van der Waals surface area contributed by atoms with Crippen LogP contribution in [0.15, 0.2) is 28.7 Å². The van der Waals surface area contributed by atoms with Gasteiger partial charge in [0.25, 0.3) is 5.91 Å². The van der Waals surface area contributed by atoms with Crippen LogP contribution in [-0.4, -0.2) is 51.7 Å². The maximum absolute atomic E-state index is 12.2. The Kier molecular flexibility index (Phi) is 5.45. The number of hydrogen-bond donors (Lipinski definition) is 2. The minimum atomic E-state index is -1.18. The van der Waals surface area contributed by atoms with Crippen LogP contribution in [0.3, 0.4) is 0 Å². The van der Waals surface area contributed by atoms with E-state index in [4.69, 9.17) is 9.84 Å². The molecule has 0 spiro atoms. The molecule has 0 radical (unpaired) electrons. The van der Waals surface area contributed by atoms with Crippen molar-refractivity contribution in [2.75, 3.05) is 13.7 Å². The van der Waals surface area contributed by atoms with Gasteiger partial charge in [-0.1, -0.05) is 27.2 Å². The number of hydrogen-bond acceptors (Lipinski definition) is 5. The number of carboxylic acid groups (broad SMARTS) is 1. The number of rotatable bonds is 6. The van der Waals surface area contributed by atoms with Crippen LogP contribution in [0.1, 0.15) is 16.2 Å². The molecule has 1 unspecified atom stereocenters. The summed E-state index contributed by atoms with van der Waals surface area (Å²) in [6.07, 6.45) is 0. The Bertz CT molecular complexity index is 731. The molecule has 2 aromatic rings. The number of nitrogens with one attached hydrogen (secondary N) is 1. The lowest BCUT2D eigenvalue weighted by Gasteiger charge is -2.12. The van der Waals surface area contributed by atoms with Crippen LogP contribution in [-0.2, 0) is 9.53 Å². The summed E-state index contributed by atoms with van der Waals surface area (Å²) in [5.74, 6) is -1.80. The van der Waals surface area contributed by atoms with Crippen molar-refractivity contribution in [3.8, 4) is 5.69 Å². The second-order valence-electron chi connectivity index (χ2n) is 4.73. The Balaban J connectivity index is 2.24. The van der Waals surface area contributed by atoms with Crippen LogP contribution < -0.4 is 5.32 Å². The monoisotopic (exact) mass is 382 g/mol. The zero-order valence-electron chi connectivity index (χ0n) is 12.5. The lowest BCUT2D eigenvalue weighted by molar-refractivity contribution is -0.140. The highest BCUT2D eigenvalue weighted by Gasteiger charge is 2.24. The average molecular weight is 383 g/mol. The molecule has 23 heavy (non-hydrogen) atoms. The van der Waals surface area contributed by atoms with Gasteiger partial charge >= 0.3 is 5.97 Å². The molecule has 1 aromatic heterocycles. The van der Waals surface area contributed by atoms with E-state index in [0.29, 0.717) is 5.69 Å². The van der Waals surface area contributed by atoms with Crippen molar-refractivity contribution in [3.05, 3.63) is 40.1 Å². The van der Waals surface area contributed by atoms with E-state index in [1.807, 2.05) is 24.3 Å². The molecule has 0 saturated heterocycles. The van der Waals surface area contributed by atoms with Crippen molar-refractivity contribution in [1.29, 1.82) is 0 Å². The molecule has 0 fully saturated rings. The molecule has 122 valence electrons. The molecular formula is C14H15BrN4O4. The van der Waals surface area contributed by atoms with Gasteiger partial charge in [0.2, 0.25) is 0 Å². The average Bonchev–Trinajstić information content (AvgIpc) is 2.88. The SMILES string of the molecule is COCC(NC(=O)c1nnn(-c2cccc(Br)c2)c1C)C(=O)O. The fourth-order valence-electron chi connectivity index (χ4n) is 1.96. The second kappa shape index (κ2) is 7.34. The molecule has 1 aromatic carbocycles. The van der Waals surface area contributed by atoms with E-state index in [-0.39, 0.29) is 12.3 Å². The van der Waals surface area contributed by atoms with Crippen molar-refractivity contribution in [1.82, 2.24) is 20.3 Å². The largest absolute Gasteiger partial charge is 0.480 e. The molecule has 8 nitrogen and oxygen atoms in total. The van der Waals surface area contributed by atoms with Gasteiger partial charge in [0.15, 0.2) is 11.7 Å². The number of nitrogens with zero attached hydrogens (tertiary/aromatic N) is 3. The molecule has 1 atom stereocenters. The van der Waals surface area contributed by atoms with Crippen LogP contribution >= 0.6 is 15.9 Å². The van der Waals surface area contributed by atoms with Crippen LogP contribution in [0.4, 0.5) is 0 Å². The summed E-state index contributed by atoms with van der Waals surface area (Å²) in [5, 5.41) is 19.2. The number of carbonyl (C=O) groups excluding carboxylic acids is 1. The van der Waals surface area contributed by atoms with Crippen molar-refractivity contribution in [2.24, 2.45) is 0 Å². The Hall–Kier alpha value is -2.26. The van der Waals surface area contributed by atoms with Crippen molar-refractivity contribution < 1.29 is 19.4 Å². The highest BCUT2D eigenvalue weighted by molar-refractivity contribution is 9.10. The first-order chi connectivity index (χ1) is 10.9. The Morgan fingerprint density at radius 3 is 2.83 bits per heavy atom. The molecule has 0 saturated carbocycles. The predicted octanol–water partition coefficient (Wildman–Crippen LogP) is 1.17. The van der Waals surface area contributed by atoms with E-state index >= 15 is 0 Å². The molecule has 1 heterocycles. The number of methoxy groups -OCH3 is 1. The Labute approximate surface area is 140 Å². The molecule has 0 aliphatic heterocycles. The van der Waals surface area contributed by atoms with Crippen LogP contribution in [0.25, 0.3) is 5.69 Å². The first kappa shape index (κ1) is 17.1. The minimum absolute atomic E-state index is 0.0623. The topological polar surface area (TPSA) is 106 Å². The molecule has 2 rings (SSSR count). The molecule has 9 heteroatoms. The maximum Gasteiger partial charge on any atom is 0.328 e. The van der Waals surface area contributed by atoms with Gasteiger partial charge in [-0.3, -0.25) is 4.79 Å². The van der Waals surface area contributed by atoms with Crippen LogP contribution in [0, 0.1) is 6.92 Å². The van der Waals surface area contributed by atoms with Gasteiger partial charge in [-0.05, 0) is 25.1 Å². The van der Waals surface area contributed by atoms with E-state index in [0.717, 1.165) is 10.2 Å². The predicted molar refractivity (Wildman–Crippen MR) is 84.6 cm³/mol. The van der Waals surface area contributed by atoms with Gasteiger partial charge in [-0.2, -0.15) is 0 Å². The third-order valence-corrected chi connectivity index (χ3v) is 3.59. The lowest BCUT2D eigenvalue weighted by atomic mass is 10.2. The Morgan fingerprint density at radius 2 is 2.22 bits per heavy atom. The number of benzene rings is 1. The zero-order chi connectivity index (χ0) is 17.0. The summed E-state index contributed by atoms with van der Waals surface area (Å²) in [6, 6.07) is 6.20. The molecule has 2 N–H and O–H groups in total. The first-order valence-electron chi connectivity index (χ1n) is 6.65. The van der Waals surface area contributed by atoms with E-state index in [1.165, 1.54) is 11.8 Å². The van der Waals surface area contributed by atoms with Crippen molar-refractivity contribution >= 4 is 27.8 Å². The highest BCUT2D eigenvalue weighted by atomic mass is 79.9. The minimum Gasteiger partial charge on any atom is -0.480 e. The van der Waals surface area contributed by atoms with Gasteiger partial charge in [-0.15, -0.1) is 5.10 Å². The summed E-state index contributed by atoms with van der Waals surface area (Å²) >= 11 is 3.37. The van der Waals surface area contributed by atoms with Crippen LogP contribution in [0.5, 0.6) is 0 Å². The first-order valence-corrected chi connectivity index (χ1v) is 7.44. The number of aromatic nitrogens is 3. The second-order valence-corrected chi connectivity index (χ2v) is 5.65. The smallest absolute Gasteiger partial charge is 0.328 e. The van der Waals surface area contributed by atoms with E-state index in [2.05, 4.69) is 31.6 Å². The third kappa shape index (κ3) is 3.93. The van der Waals surface area contributed by atoms with Crippen molar-refractivity contribution in [2.45, 2.75) is 13.0 Å². The lowest BCUT2D eigenvalue weighted by Crippen LogP contribution is -2.44. The number of halogens is 1. The number of aliphatic carboxylic acids is 1. The van der Waals surface area contributed by atoms with E-state index < -0.39 is 17.9 Å². The molecule has 0 bridgehead atoms. The third-order valence-electron chi connectivity index (χ3n) is 3.10. The highest BCUT2D eigenvalue weighted by Crippen LogP contribution is 2.17. The van der Waals surface area contributed by atoms with Gasteiger partial charge < -0.3 is 15.2 Å². The summed E-state index contributed by atoms with van der Waals surface area (Å²) in [4.78, 5) is 23.3. The fraction of sp³-hybridized carbons (Fsp3) is 0.286. The normalized spacial score (nSPS) is 12.0. The number of amides is 1. The van der Waals surface area contributed by atoms with Gasteiger partial charge in [0, 0.05) is 11.6 Å². The summed E-state index contributed by atoms with van der Waals surface area (Å²) < 4.78 is 7.15. The Morgan fingerprint density at radius 1 is 1.48 bits per heavy atom. The molecule has 0 aliphatic carbocycles. The van der Waals surface area contributed by atoms with Gasteiger partial charge in [-0.25, -0.2) is 9.48 Å². The number of carbonyl (C=O) groups is 2. The van der Waals surface area contributed by atoms with Gasteiger partial charge in [0.05, 0.1) is 18.0 Å². The standard InChI is InChI=1S/C14H15BrN4O4/c1-8-12(13(20)16-11(7-23-2)14(21)22)17-18-19(8)10-5-3-4-9(15)6-10/h3-6,11H,7H2,1-2H3,(H,16,20)(H,21,22).